The summed E-state index contributed by atoms with van der Waals surface area (Å²) >= 11 is 31.6. The van der Waals surface area contributed by atoms with Gasteiger partial charge >= 0.3 is 0 Å². The van der Waals surface area contributed by atoms with Crippen LogP contribution in [-0.4, -0.2) is 15.4 Å². The summed E-state index contributed by atoms with van der Waals surface area (Å²) in [5.74, 6) is 1.56. The molecule has 0 unspecified atom stereocenters. The van der Waals surface area contributed by atoms with Gasteiger partial charge in [-0.05, 0) is 185 Å². The Morgan fingerprint density at radius 3 is 1.11 bits per heavy atom. The molecule has 0 N–H and O–H groups in total. The number of benzene rings is 3. The first-order valence-corrected chi connectivity index (χ1v) is 16.4. The van der Waals surface area contributed by atoms with Crippen molar-refractivity contribution in [2.45, 2.75) is 0 Å². The third-order valence-electron chi connectivity index (χ3n) is 4.28. The summed E-state index contributed by atoms with van der Waals surface area (Å²) in [5.41, 5.74) is 0. The lowest BCUT2D eigenvalue weighted by Crippen LogP contribution is -2.02. The van der Waals surface area contributed by atoms with Crippen LogP contribution in [0.2, 0.25) is 0 Å². The fourth-order valence-corrected chi connectivity index (χ4v) is 6.64. The molecule has 36 heavy (non-hydrogen) atoms. The minimum atomic E-state index is 0.0353. The Morgan fingerprint density at radius 1 is 0.417 bits per heavy atom. The van der Waals surface area contributed by atoms with E-state index in [1.54, 1.807) is 18.2 Å². The average Bonchev–Trinajstić information content (AvgIpc) is 2.86. The molecular formula is C21H6Br9N3O3. The summed E-state index contributed by atoms with van der Waals surface area (Å²) in [4.78, 5) is 0. The minimum Gasteiger partial charge on any atom is -0.445 e. The SMILES string of the molecule is Brc1ccc(Oc2nnnc(Oc3ccc(Br)c(Br)c3Br)c2Oc2ccc(Br)c(Br)c2Br)c(Br)c1Br. The fourth-order valence-electron chi connectivity index (χ4n) is 2.59. The molecule has 0 aliphatic rings. The molecule has 15 heteroatoms. The third kappa shape index (κ3) is 6.40. The zero-order valence-corrected chi connectivity index (χ0v) is 31.2. The number of aromatic nitrogens is 3. The maximum Gasteiger partial charge on any atom is 0.290 e. The molecule has 1 aromatic heterocycles. The molecule has 6 nitrogen and oxygen atoms in total. The van der Waals surface area contributed by atoms with Crippen LogP contribution >= 0.6 is 143 Å². The van der Waals surface area contributed by atoms with Crippen molar-refractivity contribution in [3.63, 3.8) is 0 Å². The zero-order valence-electron chi connectivity index (χ0n) is 16.9. The van der Waals surface area contributed by atoms with E-state index in [0.717, 1.165) is 26.8 Å². The highest BCUT2D eigenvalue weighted by atomic mass is 79.9. The van der Waals surface area contributed by atoms with Crippen molar-refractivity contribution in [1.82, 2.24) is 15.4 Å². The number of halogens is 9. The van der Waals surface area contributed by atoms with Gasteiger partial charge in [-0.15, -0.1) is 0 Å². The minimum absolute atomic E-state index is 0.0353. The van der Waals surface area contributed by atoms with E-state index in [1.165, 1.54) is 0 Å². The number of nitrogens with zero attached hydrogens (tertiary/aromatic N) is 3. The van der Waals surface area contributed by atoms with Gasteiger partial charge in [0.2, 0.25) is 0 Å². The van der Waals surface area contributed by atoms with Crippen LogP contribution in [0.15, 0.2) is 76.7 Å². The molecule has 0 saturated heterocycles. The second kappa shape index (κ2) is 12.7. The normalized spacial score (nSPS) is 10.9. The van der Waals surface area contributed by atoms with Crippen LogP contribution in [0.3, 0.4) is 0 Å². The first-order chi connectivity index (χ1) is 17.1. The van der Waals surface area contributed by atoms with Crippen molar-refractivity contribution in [2.75, 3.05) is 0 Å². The lowest BCUT2D eigenvalue weighted by atomic mass is 10.3. The van der Waals surface area contributed by atoms with Crippen LogP contribution in [0.5, 0.6) is 34.8 Å². The summed E-state index contributed by atoms with van der Waals surface area (Å²) < 4.78 is 25.3. The second-order valence-electron chi connectivity index (χ2n) is 6.56. The van der Waals surface area contributed by atoms with E-state index < -0.39 is 0 Å². The monoisotopic (exact) mass is 1060 g/mol. The predicted octanol–water partition coefficient (Wildman–Crippen LogP) is 12.1. The Morgan fingerprint density at radius 2 is 0.750 bits per heavy atom. The van der Waals surface area contributed by atoms with Gasteiger partial charge in [-0.2, -0.15) is 0 Å². The second-order valence-corrected chi connectivity index (χ2v) is 13.9. The molecule has 0 fully saturated rings. The summed E-state index contributed by atoms with van der Waals surface area (Å²) in [6.45, 7) is 0. The maximum absolute atomic E-state index is 6.25. The Labute approximate surface area is 280 Å². The van der Waals surface area contributed by atoms with Crippen molar-refractivity contribution >= 4 is 143 Å². The standard InChI is InChI=1S/C21H6Br9N3O3/c22-7-1-4-10(16(28)13(7)25)34-19-20(35-11-5-2-8(23)14(26)17(11)29)31-33-32-21(19)36-12-6-3-9(24)15(27)18(12)30/h1-6H. The lowest BCUT2D eigenvalue weighted by Gasteiger charge is -2.16. The van der Waals surface area contributed by atoms with Crippen LogP contribution in [-0.2, 0) is 0 Å². The largest absolute Gasteiger partial charge is 0.445 e. The number of rotatable bonds is 6. The van der Waals surface area contributed by atoms with Crippen molar-refractivity contribution in [1.29, 1.82) is 0 Å². The lowest BCUT2D eigenvalue weighted by molar-refractivity contribution is 0.351. The highest BCUT2D eigenvalue weighted by Gasteiger charge is 2.24. The Hall–Kier alpha value is 0.390. The van der Waals surface area contributed by atoms with Gasteiger partial charge in [-0.3, -0.25) is 0 Å². The third-order valence-corrected chi connectivity index (χ3v) is 14.3. The molecular weight excluding hydrogens is 1060 g/mol. The van der Waals surface area contributed by atoms with E-state index in [2.05, 4.69) is 159 Å². The van der Waals surface area contributed by atoms with Gasteiger partial charge in [0.25, 0.3) is 17.5 Å². The highest BCUT2D eigenvalue weighted by molar-refractivity contribution is 9.15. The molecule has 0 bridgehead atoms. The van der Waals surface area contributed by atoms with Gasteiger partial charge in [0.05, 0.1) is 13.4 Å². The van der Waals surface area contributed by atoms with Crippen LogP contribution in [0.4, 0.5) is 0 Å². The van der Waals surface area contributed by atoms with Gasteiger partial charge in [0.1, 0.15) is 17.2 Å². The van der Waals surface area contributed by atoms with E-state index in [-0.39, 0.29) is 17.5 Å². The molecule has 0 aliphatic carbocycles. The smallest absolute Gasteiger partial charge is 0.290 e. The summed E-state index contributed by atoms with van der Waals surface area (Å²) in [5, 5.41) is 12.0. The number of hydrogen-bond donors (Lipinski definition) is 0. The Kier molecular flexibility index (Phi) is 10.4. The van der Waals surface area contributed by atoms with Crippen molar-refractivity contribution in [3.05, 3.63) is 76.7 Å². The summed E-state index contributed by atoms with van der Waals surface area (Å²) in [6.07, 6.45) is 0. The van der Waals surface area contributed by atoms with E-state index in [1.807, 2.05) is 18.2 Å². The number of hydrogen-bond acceptors (Lipinski definition) is 6. The molecule has 1 heterocycles. The van der Waals surface area contributed by atoms with Crippen LogP contribution in [0.25, 0.3) is 0 Å². The molecule has 4 rings (SSSR count). The number of ether oxygens (including phenoxy) is 3. The molecule has 0 amide bonds. The summed E-state index contributed by atoms with van der Waals surface area (Å²) in [7, 11) is 0. The quantitative estimate of drug-likeness (QED) is 0.179. The maximum atomic E-state index is 6.25. The fraction of sp³-hybridized carbons (Fsp3) is 0. The molecule has 0 atom stereocenters. The molecule has 0 spiro atoms. The van der Waals surface area contributed by atoms with Crippen molar-refractivity contribution < 1.29 is 14.2 Å². The van der Waals surface area contributed by atoms with E-state index in [4.69, 9.17) is 14.2 Å². The van der Waals surface area contributed by atoms with Crippen molar-refractivity contribution in [2.24, 2.45) is 0 Å². The van der Waals surface area contributed by atoms with Gasteiger partial charge in [0.15, 0.2) is 0 Å². The van der Waals surface area contributed by atoms with E-state index >= 15 is 0 Å². The average molecular weight is 1070 g/mol. The van der Waals surface area contributed by atoms with Crippen LogP contribution < -0.4 is 14.2 Å². The topological polar surface area (TPSA) is 66.4 Å². The van der Waals surface area contributed by atoms with Crippen LogP contribution in [0, 0.1) is 0 Å². The van der Waals surface area contributed by atoms with Gasteiger partial charge in [-0.1, -0.05) is 10.2 Å². The zero-order chi connectivity index (χ0) is 26.1. The Bertz CT molecular complexity index is 1410. The molecule has 186 valence electrons. The first-order valence-electron chi connectivity index (χ1n) is 9.25. The Balaban J connectivity index is 1.84. The molecule has 4 aromatic rings. The molecule has 0 aliphatic heterocycles. The highest BCUT2D eigenvalue weighted by Crippen LogP contribution is 2.48. The van der Waals surface area contributed by atoms with E-state index in [9.17, 15) is 0 Å². The van der Waals surface area contributed by atoms with Gasteiger partial charge in [-0.25, -0.2) is 0 Å². The van der Waals surface area contributed by atoms with Crippen molar-refractivity contribution in [3.8, 4) is 34.8 Å². The van der Waals surface area contributed by atoms with Gasteiger partial charge < -0.3 is 14.2 Å². The molecule has 0 radical (unpaired) electrons. The summed E-state index contributed by atoms with van der Waals surface area (Å²) in [6, 6.07) is 10.8. The van der Waals surface area contributed by atoms with Gasteiger partial charge in [0, 0.05) is 26.8 Å². The first kappa shape index (κ1) is 29.4. The van der Waals surface area contributed by atoms with E-state index in [0.29, 0.717) is 30.7 Å². The molecule has 0 saturated carbocycles. The predicted molar refractivity (Wildman–Crippen MR) is 169 cm³/mol. The molecule has 3 aromatic carbocycles. The van der Waals surface area contributed by atoms with Crippen LogP contribution in [0.1, 0.15) is 0 Å².